The molecule has 2 atom stereocenters. The lowest BCUT2D eigenvalue weighted by atomic mass is 10.1. The molecule has 0 aromatic heterocycles. The maximum absolute atomic E-state index is 8.95. The highest BCUT2D eigenvalue weighted by Gasteiger charge is 2.25. The van der Waals surface area contributed by atoms with E-state index in [4.69, 9.17) is 10.8 Å². The molecule has 0 saturated carbocycles. The van der Waals surface area contributed by atoms with Gasteiger partial charge in [0, 0.05) is 22.2 Å². The first-order valence-electron chi connectivity index (χ1n) is 4.62. The summed E-state index contributed by atoms with van der Waals surface area (Å²) in [4.78, 5) is 0. The fourth-order valence-corrected chi connectivity index (χ4v) is 2.15. The normalized spacial score (nSPS) is 21.5. The first-order chi connectivity index (χ1) is 6.70. The van der Waals surface area contributed by atoms with Crippen molar-refractivity contribution in [1.29, 1.82) is 0 Å². The highest BCUT2D eigenvalue weighted by atomic mass is 79.9. The minimum absolute atomic E-state index is 0.0207. The molecular formula is C10H13BrN2O. The summed E-state index contributed by atoms with van der Waals surface area (Å²) in [5, 5.41) is 12.3. The van der Waals surface area contributed by atoms with Crippen LogP contribution >= 0.6 is 15.9 Å². The summed E-state index contributed by atoms with van der Waals surface area (Å²) >= 11 is 3.43. The zero-order valence-electron chi connectivity index (χ0n) is 7.70. The Balaban J connectivity index is 2.17. The lowest BCUT2D eigenvalue weighted by Crippen LogP contribution is -2.41. The summed E-state index contributed by atoms with van der Waals surface area (Å²) in [6.45, 7) is 0.0207. The van der Waals surface area contributed by atoms with E-state index in [0.717, 1.165) is 16.6 Å². The standard InChI is InChI=1S/C10H13BrN2O/c11-7-1-2-9-6(3-7)4-10(13-9)8(12)5-14/h1-3,8,10,13-14H,4-5,12H2. The summed E-state index contributed by atoms with van der Waals surface area (Å²) < 4.78 is 1.08. The molecule has 4 heteroatoms. The lowest BCUT2D eigenvalue weighted by molar-refractivity contribution is 0.254. The number of benzene rings is 1. The van der Waals surface area contributed by atoms with Gasteiger partial charge < -0.3 is 16.2 Å². The van der Waals surface area contributed by atoms with Crippen LogP contribution in [0.3, 0.4) is 0 Å². The van der Waals surface area contributed by atoms with Gasteiger partial charge in [0.05, 0.1) is 6.61 Å². The molecule has 0 saturated heterocycles. The molecule has 1 heterocycles. The molecule has 0 aliphatic carbocycles. The zero-order chi connectivity index (χ0) is 10.1. The Kier molecular flexibility index (Phi) is 2.76. The van der Waals surface area contributed by atoms with Crippen LogP contribution in [-0.4, -0.2) is 23.8 Å². The second kappa shape index (κ2) is 3.88. The van der Waals surface area contributed by atoms with Crippen molar-refractivity contribution >= 4 is 21.6 Å². The van der Waals surface area contributed by atoms with Gasteiger partial charge in [0.2, 0.25) is 0 Å². The van der Waals surface area contributed by atoms with E-state index in [1.807, 2.05) is 12.1 Å². The number of fused-ring (bicyclic) bond motifs is 1. The number of hydrogen-bond donors (Lipinski definition) is 3. The number of aliphatic hydroxyl groups is 1. The van der Waals surface area contributed by atoms with Gasteiger partial charge in [-0.05, 0) is 30.2 Å². The van der Waals surface area contributed by atoms with Crippen LogP contribution in [-0.2, 0) is 6.42 Å². The van der Waals surface area contributed by atoms with E-state index in [1.54, 1.807) is 0 Å². The fraction of sp³-hybridized carbons (Fsp3) is 0.400. The molecular weight excluding hydrogens is 244 g/mol. The highest BCUT2D eigenvalue weighted by molar-refractivity contribution is 9.10. The number of hydrogen-bond acceptors (Lipinski definition) is 3. The molecule has 0 radical (unpaired) electrons. The number of halogens is 1. The smallest absolute Gasteiger partial charge is 0.0602 e. The molecule has 2 rings (SSSR count). The first kappa shape index (κ1) is 9.96. The Labute approximate surface area is 91.4 Å². The van der Waals surface area contributed by atoms with Gasteiger partial charge in [-0.15, -0.1) is 0 Å². The van der Waals surface area contributed by atoms with E-state index in [1.165, 1.54) is 5.56 Å². The number of nitrogens with one attached hydrogen (secondary N) is 1. The molecule has 2 unspecified atom stereocenters. The van der Waals surface area contributed by atoms with Gasteiger partial charge >= 0.3 is 0 Å². The van der Waals surface area contributed by atoms with Crippen LogP contribution in [0.25, 0.3) is 0 Å². The van der Waals surface area contributed by atoms with Crippen molar-refractivity contribution in [2.24, 2.45) is 5.73 Å². The van der Waals surface area contributed by atoms with Gasteiger partial charge in [0.15, 0.2) is 0 Å². The third-order valence-corrected chi connectivity index (χ3v) is 3.07. The Morgan fingerprint density at radius 3 is 3.14 bits per heavy atom. The molecule has 0 fully saturated rings. The van der Waals surface area contributed by atoms with Crippen molar-refractivity contribution in [3.05, 3.63) is 28.2 Å². The Morgan fingerprint density at radius 1 is 1.64 bits per heavy atom. The van der Waals surface area contributed by atoms with Gasteiger partial charge in [0.25, 0.3) is 0 Å². The SMILES string of the molecule is NC(CO)C1Cc2cc(Br)ccc2N1. The van der Waals surface area contributed by atoms with Gasteiger partial charge in [-0.3, -0.25) is 0 Å². The summed E-state index contributed by atoms with van der Waals surface area (Å²) in [6.07, 6.45) is 0.885. The van der Waals surface area contributed by atoms with E-state index in [0.29, 0.717) is 0 Å². The van der Waals surface area contributed by atoms with Crippen molar-refractivity contribution in [1.82, 2.24) is 0 Å². The predicted octanol–water partition coefficient (Wildman–Crippen LogP) is 1.11. The molecule has 76 valence electrons. The average Bonchev–Trinajstić information content (AvgIpc) is 2.59. The third kappa shape index (κ3) is 1.78. The van der Waals surface area contributed by atoms with Gasteiger partial charge in [-0.1, -0.05) is 15.9 Å². The maximum atomic E-state index is 8.95. The molecule has 0 amide bonds. The van der Waals surface area contributed by atoms with E-state index < -0.39 is 0 Å². The largest absolute Gasteiger partial charge is 0.395 e. The van der Waals surface area contributed by atoms with E-state index in [-0.39, 0.29) is 18.7 Å². The van der Waals surface area contributed by atoms with Crippen LogP contribution in [0.15, 0.2) is 22.7 Å². The summed E-state index contributed by atoms with van der Waals surface area (Å²) in [5.74, 6) is 0. The summed E-state index contributed by atoms with van der Waals surface area (Å²) in [5.41, 5.74) is 8.16. The van der Waals surface area contributed by atoms with Crippen molar-refractivity contribution in [2.45, 2.75) is 18.5 Å². The number of anilines is 1. The van der Waals surface area contributed by atoms with E-state index in [2.05, 4.69) is 27.3 Å². The quantitative estimate of drug-likeness (QED) is 0.743. The van der Waals surface area contributed by atoms with Crippen LogP contribution < -0.4 is 11.1 Å². The number of aliphatic hydroxyl groups excluding tert-OH is 1. The highest BCUT2D eigenvalue weighted by Crippen LogP contribution is 2.29. The molecule has 14 heavy (non-hydrogen) atoms. The summed E-state index contributed by atoms with van der Waals surface area (Å²) in [6, 6.07) is 6.08. The Bertz CT molecular complexity index is 343. The fourth-order valence-electron chi connectivity index (χ4n) is 1.75. The van der Waals surface area contributed by atoms with Crippen LogP contribution in [0.5, 0.6) is 0 Å². The molecule has 0 bridgehead atoms. The van der Waals surface area contributed by atoms with Gasteiger partial charge in [-0.25, -0.2) is 0 Å². The minimum Gasteiger partial charge on any atom is -0.395 e. The Hall–Kier alpha value is -0.580. The van der Waals surface area contributed by atoms with E-state index in [9.17, 15) is 0 Å². The molecule has 3 nitrogen and oxygen atoms in total. The van der Waals surface area contributed by atoms with E-state index >= 15 is 0 Å². The second-order valence-electron chi connectivity index (χ2n) is 3.60. The van der Waals surface area contributed by atoms with Crippen molar-refractivity contribution < 1.29 is 5.11 Å². The van der Waals surface area contributed by atoms with Gasteiger partial charge in [-0.2, -0.15) is 0 Å². The van der Waals surface area contributed by atoms with Crippen molar-refractivity contribution in [3.8, 4) is 0 Å². The van der Waals surface area contributed by atoms with Crippen LogP contribution in [0.2, 0.25) is 0 Å². The number of rotatable bonds is 2. The lowest BCUT2D eigenvalue weighted by Gasteiger charge is -2.17. The summed E-state index contributed by atoms with van der Waals surface area (Å²) in [7, 11) is 0. The topological polar surface area (TPSA) is 58.3 Å². The van der Waals surface area contributed by atoms with Crippen molar-refractivity contribution in [3.63, 3.8) is 0 Å². The Morgan fingerprint density at radius 2 is 2.43 bits per heavy atom. The van der Waals surface area contributed by atoms with Crippen LogP contribution in [0, 0.1) is 0 Å². The van der Waals surface area contributed by atoms with Crippen molar-refractivity contribution in [2.75, 3.05) is 11.9 Å². The first-order valence-corrected chi connectivity index (χ1v) is 5.41. The minimum atomic E-state index is -0.193. The van der Waals surface area contributed by atoms with Gasteiger partial charge in [0.1, 0.15) is 0 Å². The molecule has 4 N–H and O–H groups in total. The number of nitrogens with two attached hydrogens (primary N) is 1. The zero-order valence-corrected chi connectivity index (χ0v) is 9.29. The predicted molar refractivity (Wildman–Crippen MR) is 60.3 cm³/mol. The molecule has 0 spiro atoms. The monoisotopic (exact) mass is 256 g/mol. The average molecular weight is 257 g/mol. The van der Waals surface area contributed by atoms with Crippen LogP contribution in [0.4, 0.5) is 5.69 Å². The maximum Gasteiger partial charge on any atom is 0.0602 e. The second-order valence-corrected chi connectivity index (χ2v) is 4.52. The molecule has 1 aliphatic rings. The van der Waals surface area contributed by atoms with Crippen LogP contribution in [0.1, 0.15) is 5.56 Å². The molecule has 1 aliphatic heterocycles. The molecule has 1 aromatic rings. The molecule has 1 aromatic carbocycles. The third-order valence-electron chi connectivity index (χ3n) is 2.58.